The maximum absolute atomic E-state index is 11.6. The van der Waals surface area contributed by atoms with E-state index in [0.717, 1.165) is 12.0 Å². The lowest BCUT2D eigenvalue weighted by Gasteiger charge is -2.13. The van der Waals surface area contributed by atoms with E-state index >= 15 is 0 Å². The third-order valence-electron chi connectivity index (χ3n) is 4.20. The summed E-state index contributed by atoms with van der Waals surface area (Å²) in [5.41, 5.74) is 8.57. The molecule has 110 valence electrons. The fourth-order valence-corrected chi connectivity index (χ4v) is 3.57. The highest BCUT2D eigenvalue weighted by Gasteiger charge is 2.42. The van der Waals surface area contributed by atoms with Gasteiger partial charge >= 0.3 is 0 Å². The van der Waals surface area contributed by atoms with E-state index in [2.05, 4.69) is 12.1 Å². The van der Waals surface area contributed by atoms with Crippen molar-refractivity contribution in [1.29, 1.82) is 0 Å². The van der Waals surface area contributed by atoms with Gasteiger partial charge in [-0.15, -0.1) is 0 Å². The van der Waals surface area contributed by atoms with Gasteiger partial charge < -0.3 is 5.73 Å². The van der Waals surface area contributed by atoms with Gasteiger partial charge in [-0.05, 0) is 41.5 Å². The van der Waals surface area contributed by atoms with Crippen molar-refractivity contribution in [2.24, 2.45) is 11.7 Å². The molecule has 1 aliphatic carbocycles. The van der Waals surface area contributed by atoms with E-state index in [1.54, 1.807) is 18.2 Å². The number of hydrogen-bond donors (Lipinski definition) is 1. The van der Waals surface area contributed by atoms with Crippen LogP contribution in [0.4, 0.5) is 0 Å². The standard InChI is InChI=1S/C17H19NO2S/c1-21(19,20)14-9-5-8-13(10-14)17(18)16-11-15(16)12-6-3-2-4-7-12/h2-10,15-17H,11,18H2,1H3. The summed E-state index contributed by atoms with van der Waals surface area (Å²) in [6.45, 7) is 0. The maximum Gasteiger partial charge on any atom is 0.175 e. The molecule has 0 heterocycles. The van der Waals surface area contributed by atoms with E-state index in [1.807, 2.05) is 24.3 Å². The number of sulfone groups is 1. The summed E-state index contributed by atoms with van der Waals surface area (Å²) in [6.07, 6.45) is 2.29. The lowest BCUT2D eigenvalue weighted by atomic mass is 10.00. The molecule has 3 unspecified atom stereocenters. The lowest BCUT2D eigenvalue weighted by molar-refractivity contribution is 0.598. The van der Waals surface area contributed by atoms with Crippen LogP contribution in [0, 0.1) is 5.92 Å². The fourth-order valence-electron chi connectivity index (χ4n) is 2.89. The van der Waals surface area contributed by atoms with E-state index in [0.29, 0.717) is 16.7 Å². The summed E-state index contributed by atoms with van der Waals surface area (Å²) >= 11 is 0. The third-order valence-corrected chi connectivity index (χ3v) is 5.31. The zero-order chi connectivity index (χ0) is 15.0. The largest absolute Gasteiger partial charge is 0.324 e. The van der Waals surface area contributed by atoms with Gasteiger partial charge in [-0.3, -0.25) is 0 Å². The van der Waals surface area contributed by atoms with Crippen LogP contribution in [0.15, 0.2) is 59.5 Å². The molecular formula is C17H19NO2S. The van der Waals surface area contributed by atoms with Crippen molar-refractivity contribution in [3.8, 4) is 0 Å². The number of nitrogens with two attached hydrogens (primary N) is 1. The molecule has 2 aromatic carbocycles. The molecular weight excluding hydrogens is 282 g/mol. The Morgan fingerprint density at radius 1 is 1.10 bits per heavy atom. The second kappa shape index (κ2) is 5.28. The smallest absolute Gasteiger partial charge is 0.175 e. The molecule has 1 fully saturated rings. The van der Waals surface area contributed by atoms with Gasteiger partial charge in [0, 0.05) is 12.3 Å². The van der Waals surface area contributed by atoms with E-state index in [1.165, 1.54) is 11.8 Å². The van der Waals surface area contributed by atoms with Gasteiger partial charge in [-0.2, -0.15) is 0 Å². The van der Waals surface area contributed by atoms with Crippen molar-refractivity contribution < 1.29 is 8.42 Å². The molecule has 0 spiro atoms. The van der Waals surface area contributed by atoms with Crippen molar-refractivity contribution in [1.82, 2.24) is 0 Å². The quantitative estimate of drug-likeness (QED) is 0.944. The van der Waals surface area contributed by atoms with Gasteiger partial charge in [-0.1, -0.05) is 42.5 Å². The second-order valence-electron chi connectivity index (χ2n) is 5.79. The third kappa shape index (κ3) is 3.01. The average molecular weight is 301 g/mol. The fraction of sp³-hybridized carbons (Fsp3) is 0.294. The van der Waals surface area contributed by atoms with E-state index in [4.69, 9.17) is 5.73 Å². The maximum atomic E-state index is 11.6. The highest BCUT2D eigenvalue weighted by Crippen LogP contribution is 2.53. The molecule has 0 saturated heterocycles. The van der Waals surface area contributed by atoms with E-state index in [9.17, 15) is 8.42 Å². The molecule has 1 saturated carbocycles. The van der Waals surface area contributed by atoms with Crippen LogP contribution < -0.4 is 5.73 Å². The van der Waals surface area contributed by atoms with Gasteiger partial charge in [0.25, 0.3) is 0 Å². The SMILES string of the molecule is CS(=O)(=O)c1cccc(C(N)C2CC2c2ccccc2)c1. The summed E-state index contributed by atoms with van der Waals surface area (Å²) < 4.78 is 23.3. The first-order valence-electron chi connectivity index (χ1n) is 7.07. The van der Waals surface area contributed by atoms with Gasteiger partial charge in [0.15, 0.2) is 9.84 Å². The highest BCUT2D eigenvalue weighted by molar-refractivity contribution is 7.90. The Kier molecular flexibility index (Phi) is 3.59. The monoisotopic (exact) mass is 301 g/mol. The van der Waals surface area contributed by atoms with Gasteiger partial charge in [-0.25, -0.2) is 8.42 Å². The molecule has 0 aromatic heterocycles. The Bertz CT molecular complexity index is 740. The molecule has 0 aliphatic heterocycles. The van der Waals surface area contributed by atoms with Crippen LogP contribution in [0.1, 0.15) is 29.5 Å². The van der Waals surface area contributed by atoms with Crippen molar-refractivity contribution in [2.75, 3.05) is 6.26 Å². The number of hydrogen-bond acceptors (Lipinski definition) is 3. The van der Waals surface area contributed by atoms with Crippen LogP contribution in [0.2, 0.25) is 0 Å². The van der Waals surface area contributed by atoms with E-state index in [-0.39, 0.29) is 6.04 Å². The zero-order valence-electron chi connectivity index (χ0n) is 11.9. The first-order chi connectivity index (χ1) is 9.97. The van der Waals surface area contributed by atoms with E-state index < -0.39 is 9.84 Å². The molecule has 3 rings (SSSR count). The second-order valence-corrected chi connectivity index (χ2v) is 7.80. The molecule has 3 atom stereocenters. The number of rotatable bonds is 4. The summed E-state index contributed by atoms with van der Waals surface area (Å²) in [5.74, 6) is 0.880. The molecule has 21 heavy (non-hydrogen) atoms. The van der Waals surface area contributed by atoms with Gasteiger partial charge in [0.1, 0.15) is 0 Å². The normalized spacial score (nSPS) is 22.8. The Hall–Kier alpha value is -1.65. The van der Waals surface area contributed by atoms with Crippen molar-refractivity contribution in [3.63, 3.8) is 0 Å². The van der Waals surface area contributed by atoms with Crippen LogP contribution >= 0.6 is 0 Å². The molecule has 2 N–H and O–H groups in total. The van der Waals surface area contributed by atoms with Gasteiger partial charge in [0.2, 0.25) is 0 Å². The van der Waals surface area contributed by atoms with Gasteiger partial charge in [0.05, 0.1) is 4.90 Å². The topological polar surface area (TPSA) is 60.2 Å². The Balaban J connectivity index is 1.80. The van der Waals surface area contributed by atoms with Crippen molar-refractivity contribution in [2.45, 2.75) is 23.3 Å². The predicted octanol–water partition coefficient (Wildman–Crippen LogP) is 2.89. The first kappa shape index (κ1) is 14.3. The Morgan fingerprint density at radius 2 is 1.81 bits per heavy atom. The van der Waals surface area contributed by atoms with Crippen molar-refractivity contribution in [3.05, 3.63) is 65.7 Å². The molecule has 0 radical (unpaired) electrons. The summed E-state index contributed by atoms with van der Waals surface area (Å²) in [6, 6.07) is 17.3. The molecule has 4 heteroatoms. The van der Waals surface area contributed by atoms with Crippen molar-refractivity contribution >= 4 is 9.84 Å². The lowest BCUT2D eigenvalue weighted by Crippen LogP contribution is -2.14. The first-order valence-corrected chi connectivity index (χ1v) is 8.96. The Morgan fingerprint density at radius 3 is 2.48 bits per heavy atom. The minimum absolute atomic E-state index is 0.114. The van der Waals surface area contributed by atoms with Crippen LogP contribution in [-0.2, 0) is 9.84 Å². The molecule has 0 amide bonds. The van der Waals surface area contributed by atoms with Crippen LogP contribution in [0.5, 0.6) is 0 Å². The summed E-state index contributed by atoms with van der Waals surface area (Å²) in [4.78, 5) is 0.340. The molecule has 1 aliphatic rings. The summed E-state index contributed by atoms with van der Waals surface area (Å²) in [5, 5.41) is 0. The summed E-state index contributed by atoms with van der Waals surface area (Å²) in [7, 11) is -3.19. The Labute approximate surface area is 125 Å². The average Bonchev–Trinajstić information content (AvgIpc) is 3.27. The molecule has 0 bridgehead atoms. The highest BCUT2D eigenvalue weighted by atomic mass is 32.2. The zero-order valence-corrected chi connectivity index (χ0v) is 12.8. The van der Waals surface area contributed by atoms with Crippen LogP contribution in [0.3, 0.4) is 0 Å². The molecule has 2 aromatic rings. The van der Waals surface area contributed by atoms with Crippen LogP contribution in [0.25, 0.3) is 0 Å². The van der Waals surface area contributed by atoms with Crippen LogP contribution in [-0.4, -0.2) is 14.7 Å². The molecule has 3 nitrogen and oxygen atoms in total. The minimum atomic E-state index is -3.19. The predicted molar refractivity (Wildman–Crippen MR) is 83.8 cm³/mol. The minimum Gasteiger partial charge on any atom is -0.324 e. The number of benzene rings is 2.